The molecule has 0 saturated heterocycles. The van der Waals surface area contributed by atoms with Crippen LogP contribution in [0, 0.1) is 0 Å². The van der Waals surface area contributed by atoms with Gasteiger partial charge in [-0.1, -0.05) is 41.4 Å². The number of aromatic hydroxyl groups is 1. The predicted molar refractivity (Wildman–Crippen MR) is 167 cm³/mol. The maximum atomic E-state index is 13.3. The Morgan fingerprint density at radius 3 is 2.62 bits per heavy atom. The fourth-order valence-corrected chi connectivity index (χ4v) is 4.77. The van der Waals surface area contributed by atoms with Crippen LogP contribution in [0.25, 0.3) is 0 Å². The van der Waals surface area contributed by atoms with Crippen molar-refractivity contribution in [2.75, 3.05) is 20.3 Å². The lowest BCUT2D eigenvalue weighted by Crippen LogP contribution is -2.46. The van der Waals surface area contributed by atoms with Crippen LogP contribution in [0.4, 0.5) is 0 Å². The molecule has 42 heavy (non-hydrogen) atoms. The number of nitrogens with zero attached hydrogens (tertiary/aromatic N) is 1. The van der Waals surface area contributed by atoms with Gasteiger partial charge >= 0.3 is 0 Å². The largest absolute Gasteiger partial charge is 0.507 e. The average Bonchev–Trinajstić information content (AvgIpc) is 2.96. The quantitative estimate of drug-likeness (QED) is 0.0948. The minimum absolute atomic E-state index is 0.0609. The molecular formula is C29H32BrCl2N5O5. The van der Waals surface area contributed by atoms with Gasteiger partial charge in [0.05, 0.1) is 13.7 Å². The monoisotopic (exact) mass is 679 g/mol. The second-order valence-electron chi connectivity index (χ2n) is 9.19. The Labute approximate surface area is 262 Å². The van der Waals surface area contributed by atoms with Gasteiger partial charge in [-0.3, -0.25) is 14.6 Å². The molecule has 1 atom stereocenters. The number of rotatable bonds is 14. The number of hydrogen-bond acceptors (Lipinski definition) is 6. The molecule has 0 spiro atoms. The number of phenolic OH excluding ortho intramolecular Hbond substituents is 1. The van der Waals surface area contributed by atoms with Crippen molar-refractivity contribution in [2.45, 2.75) is 31.8 Å². The van der Waals surface area contributed by atoms with Gasteiger partial charge in [0, 0.05) is 35.1 Å². The molecule has 0 aliphatic heterocycles. The van der Waals surface area contributed by atoms with Crippen molar-refractivity contribution in [2.24, 2.45) is 16.5 Å². The molecule has 3 aromatic carbocycles. The molecule has 10 nitrogen and oxygen atoms in total. The molecule has 0 aliphatic carbocycles. The fraction of sp³-hybridized carbons (Fsp3) is 0.276. The highest BCUT2D eigenvalue weighted by Crippen LogP contribution is 2.35. The molecule has 224 valence electrons. The topological polar surface area (TPSA) is 161 Å². The molecule has 7 N–H and O–H groups in total. The third kappa shape index (κ3) is 10.0. The number of ether oxygens (including phenoxy) is 2. The highest BCUT2D eigenvalue weighted by molar-refractivity contribution is 9.10. The van der Waals surface area contributed by atoms with Crippen molar-refractivity contribution in [3.8, 4) is 17.2 Å². The number of methoxy groups -OCH3 is 1. The van der Waals surface area contributed by atoms with E-state index in [4.69, 9.17) is 44.1 Å². The van der Waals surface area contributed by atoms with Gasteiger partial charge in [0.1, 0.15) is 27.8 Å². The molecule has 2 amide bonds. The van der Waals surface area contributed by atoms with E-state index in [1.54, 1.807) is 37.4 Å². The number of aliphatic imine (C=N–C) groups is 1. The Balaban J connectivity index is 1.70. The lowest BCUT2D eigenvalue weighted by atomic mass is 10.1. The van der Waals surface area contributed by atoms with Crippen LogP contribution in [-0.2, 0) is 17.8 Å². The number of amides is 2. The summed E-state index contributed by atoms with van der Waals surface area (Å²) in [4.78, 5) is 30.3. The SMILES string of the molecule is COc1cccc(CNC(=O)[C@H](CCCN=C(N)N)NC(=O)c2cc(O)c(Br)c(OCCc3ccc(Cl)cc3Cl)c2)c1. The lowest BCUT2D eigenvalue weighted by molar-refractivity contribution is -0.123. The average molecular weight is 681 g/mol. The molecule has 0 saturated carbocycles. The molecule has 0 radical (unpaired) electrons. The zero-order valence-electron chi connectivity index (χ0n) is 22.8. The number of hydrogen-bond donors (Lipinski definition) is 5. The summed E-state index contributed by atoms with van der Waals surface area (Å²) in [5.74, 6) is -0.325. The first-order valence-electron chi connectivity index (χ1n) is 12.9. The van der Waals surface area contributed by atoms with E-state index in [1.807, 2.05) is 12.1 Å². The summed E-state index contributed by atoms with van der Waals surface area (Å²) in [6.45, 7) is 0.724. The van der Waals surface area contributed by atoms with Crippen LogP contribution in [0.2, 0.25) is 10.0 Å². The van der Waals surface area contributed by atoms with Crippen LogP contribution in [0.15, 0.2) is 64.1 Å². The van der Waals surface area contributed by atoms with E-state index in [0.29, 0.717) is 28.6 Å². The van der Waals surface area contributed by atoms with Crippen LogP contribution < -0.4 is 31.6 Å². The van der Waals surface area contributed by atoms with E-state index in [9.17, 15) is 14.7 Å². The second-order valence-corrected chi connectivity index (χ2v) is 10.8. The highest BCUT2D eigenvalue weighted by atomic mass is 79.9. The summed E-state index contributed by atoms with van der Waals surface area (Å²) < 4.78 is 11.4. The van der Waals surface area contributed by atoms with Crippen molar-refractivity contribution in [3.63, 3.8) is 0 Å². The van der Waals surface area contributed by atoms with Gasteiger partial charge in [-0.25, -0.2) is 0 Å². The third-order valence-corrected chi connectivity index (χ3v) is 7.48. The van der Waals surface area contributed by atoms with E-state index in [-0.39, 0.29) is 53.6 Å². The fourth-order valence-electron chi connectivity index (χ4n) is 3.92. The van der Waals surface area contributed by atoms with Gasteiger partial charge in [0.25, 0.3) is 5.91 Å². The summed E-state index contributed by atoms with van der Waals surface area (Å²) in [6, 6.07) is 14.3. The number of carbonyl (C=O) groups excluding carboxylic acids is 2. The van der Waals surface area contributed by atoms with E-state index >= 15 is 0 Å². The Kier molecular flexibility index (Phi) is 12.6. The molecule has 0 heterocycles. The van der Waals surface area contributed by atoms with Crippen LogP contribution in [0.3, 0.4) is 0 Å². The van der Waals surface area contributed by atoms with Gasteiger partial charge in [-0.05, 0) is 76.3 Å². The first-order valence-corrected chi connectivity index (χ1v) is 14.5. The Morgan fingerprint density at radius 2 is 1.90 bits per heavy atom. The molecule has 3 aromatic rings. The van der Waals surface area contributed by atoms with Crippen molar-refractivity contribution in [1.82, 2.24) is 10.6 Å². The number of benzene rings is 3. The summed E-state index contributed by atoms with van der Waals surface area (Å²) in [6.07, 6.45) is 1.16. The van der Waals surface area contributed by atoms with E-state index < -0.39 is 17.9 Å². The second kappa shape index (κ2) is 16.1. The Hall–Kier alpha value is -3.67. The van der Waals surface area contributed by atoms with Gasteiger partial charge in [0.15, 0.2) is 5.96 Å². The number of halogens is 3. The molecule has 0 bridgehead atoms. The molecule has 0 aromatic heterocycles. The maximum Gasteiger partial charge on any atom is 0.252 e. The first-order chi connectivity index (χ1) is 20.1. The number of guanidine groups is 1. The number of phenols is 1. The van der Waals surface area contributed by atoms with E-state index in [2.05, 4.69) is 31.6 Å². The normalized spacial score (nSPS) is 11.3. The lowest BCUT2D eigenvalue weighted by Gasteiger charge is -2.19. The Bertz CT molecular complexity index is 1440. The van der Waals surface area contributed by atoms with Crippen molar-refractivity contribution < 1.29 is 24.2 Å². The summed E-state index contributed by atoms with van der Waals surface area (Å²) in [7, 11) is 1.56. The highest BCUT2D eigenvalue weighted by Gasteiger charge is 2.23. The molecule has 0 unspecified atom stereocenters. The minimum atomic E-state index is -0.903. The standard InChI is InChI=1S/C29H32BrCl2N5O5/c1-41-21-5-2-4-17(12-21)16-36-28(40)23(6-3-10-35-29(33)34)37-27(39)19-13-24(38)26(30)25(14-19)42-11-9-18-7-8-20(31)15-22(18)32/h2,4-5,7-8,12-15,23,38H,3,6,9-11,16H2,1H3,(H,36,40)(H,37,39)(H4,33,34,35)/t23-/m0/s1. The molecular weight excluding hydrogens is 649 g/mol. The zero-order chi connectivity index (χ0) is 30.6. The summed E-state index contributed by atoms with van der Waals surface area (Å²) in [5, 5.41) is 17.1. The van der Waals surface area contributed by atoms with Gasteiger partial charge < -0.3 is 36.7 Å². The molecule has 0 fully saturated rings. The van der Waals surface area contributed by atoms with Crippen LogP contribution in [-0.4, -0.2) is 49.2 Å². The van der Waals surface area contributed by atoms with Crippen LogP contribution in [0.5, 0.6) is 17.2 Å². The predicted octanol–water partition coefficient (Wildman–Crippen LogP) is 4.56. The third-order valence-electron chi connectivity index (χ3n) is 6.09. The molecule has 3 rings (SSSR count). The number of carbonyl (C=O) groups is 2. The minimum Gasteiger partial charge on any atom is -0.507 e. The van der Waals surface area contributed by atoms with E-state index in [1.165, 1.54) is 12.1 Å². The van der Waals surface area contributed by atoms with Gasteiger partial charge in [-0.15, -0.1) is 0 Å². The van der Waals surface area contributed by atoms with Crippen molar-refractivity contribution >= 4 is 56.9 Å². The molecule has 13 heteroatoms. The van der Waals surface area contributed by atoms with Gasteiger partial charge in [-0.2, -0.15) is 0 Å². The van der Waals surface area contributed by atoms with E-state index in [0.717, 1.165) is 11.1 Å². The Morgan fingerprint density at radius 1 is 1.12 bits per heavy atom. The smallest absolute Gasteiger partial charge is 0.252 e. The van der Waals surface area contributed by atoms with Gasteiger partial charge in [0.2, 0.25) is 5.91 Å². The van der Waals surface area contributed by atoms with Crippen LogP contribution >= 0.6 is 39.1 Å². The maximum absolute atomic E-state index is 13.3. The first kappa shape index (κ1) is 32.8. The summed E-state index contributed by atoms with van der Waals surface area (Å²) >= 11 is 15.5. The number of nitrogens with one attached hydrogen (secondary N) is 2. The molecule has 0 aliphatic rings. The van der Waals surface area contributed by atoms with Crippen LogP contribution in [0.1, 0.15) is 34.3 Å². The number of nitrogens with two attached hydrogens (primary N) is 2. The van der Waals surface area contributed by atoms with Crippen molar-refractivity contribution in [3.05, 3.63) is 85.8 Å². The van der Waals surface area contributed by atoms with Crippen molar-refractivity contribution in [1.29, 1.82) is 0 Å². The summed E-state index contributed by atoms with van der Waals surface area (Å²) in [5.41, 5.74) is 12.6. The zero-order valence-corrected chi connectivity index (χ0v) is 25.9.